The Morgan fingerprint density at radius 1 is 1.38 bits per heavy atom. The zero-order valence-corrected chi connectivity index (χ0v) is 12.1. The first kappa shape index (κ1) is 16.9. The first-order valence-corrected chi connectivity index (χ1v) is 6.78. The van der Waals surface area contributed by atoms with Gasteiger partial charge in [0.1, 0.15) is 5.82 Å². The molecule has 0 fully saturated rings. The fraction of sp³-hybridized carbons (Fsp3) is 0.429. The predicted octanol–water partition coefficient (Wildman–Crippen LogP) is 0.934. The molecule has 0 saturated carbocycles. The normalized spacial score (nSPS) is 10.6. The highest BCUT2D eigenvalue weighted by Crippen LogP contribution is 2.17. The van der Waals surface area contributed by atoms with Gasteiger partial charge in [-0.2, -0.15) is 0 Å². The highest BCUT2D eigenvalue weighted by Gasteiger charge is 2.09. The van der Waals surface area contributed by atoms with Crippen LogP contribution in [0.1, 0.15) is 19.8 Å². The molecule has 0 spiro atoms. The van der Waals surface area contributed by atoms with E-state index in [2.05, 4.69) is 5.32 Å². The van der Waals surface area contributed by atoms with Gasteiger partial charge < -0.3 is 16.8 Å². The van der Waals surface area contributed by atoms with E-state index < -0.39 is 11.7 Å². The van der Waals surface area contributed by atoms with Crippen LogP contribution in [0.3, 0.4) is 0 Å². The summed E-state index contributed by atoms with van der Waals surface area (Å²) in [6.07, 6.45) is 0.778. The van der Waals surface area contributed by atoms with Gasteiger partial charge in [-0.05, 0) is 37.7 Å². The van der Waals surface area contributed by atoms with Gasteiger partial charge in [-0.1, -0.05) is 6.92 Å². The molecule has 2 amide bonds. The fourth-order valence-electron chi connectivity index (χ4n) is 1.88. The lowest BCUT2D eigenvalue weighted by Gasteiger charge is -2.18. The molecule has 116 valence electrons. The molecule has 0 heterocycles. The highest BCUT2D eigenvalue weighted by atomic mass is 19.1. The van der Waals surface area contributed by atoms with Crippen LogP contribution < -0.4 is 16.8 Å². The number of nitrogen functional groups attached to an aromatic ring is 1. The molecule has 7 heteroatoms. The van der Waals surface area contributed by atoms with Crippen molar-refractivity contribution in [3.63, 3.8) is 0 Å². The number of nitrogens with one attached hydrogen (secondary N) is 1. The lowest BCUT2D eigenvalue weighted by Crippen LogP contribution is -2.34. The summed E-state index contributed by atoms with van der Waals surface area (Å²) in [6.45, 7) is 3.33. The molecule has 1 rings (SSSR count). The Hall–Kier alpha value is -2.15. The van der Waals surface area contributed by atoms with E-state index in [1.165, 1.54) is 18.2 Å². The Balaban J connectivity index is 2.40. The van der Waals surface area contributed by atoms with E-state index in [0.717, 1.165) is 0 Å². The molecule has 0 radical (unpaired) electrons. The number of primary amides is 1. The summed E-state index contributed by atoms with van der Waals surface area (Å²) in [6, 6.07) is 4.00. The maximum Gasteiger partial charge on any atom is 0.231 e. The third-order valence-corrected chi connectivity index (χ3v) is 2.97. The van der Waals surface area contributed by atoms with Crippen molar-refractivity contribution in [1.82, 2.24) is 4.90 Å². The van der Waals surface area contributed by atoms with Crippen molar-refractivity contribution in [2.24, 2.45) is 5.73 Å². The Morgan fingerprint density at radius 3 is 2.71 bits per heavy atom. The van der Waals surface area contributed by atoms with E-state index in [1.54, 1.807) is 0 Å². The number of carbonyl (C=O) groups is 2. The molecule has 0 aromatic heterocycles. The average Bonchev–Trinajstić information content (AvgIpc) is 2.41. The number of anilines is 2. The SMILES string of the molecule is CCN(CCCC(=O)Nc1cc(N)ccc1F)CC(N)=O. The van der Waals surface area contributed by atoms with Crippen molar-refractivity contribution in [1.29, 1.82) is 0 Å². The monoisotopic (exact) mass is 296 g/mol. The fourth-order valence-corrected chi connectivity index (χ4v) is 1.88. The van der Waals surface area contributed by atoms with Crippen molar-refractivity contribution in [2.45, 2.75) is 19.8 Å². The Labute approximate surface area is 123 Å². The molecular formula is C14H21FN4O2. The molecule has 0 aliphatic heterocycles. The van der Waals surface area contributed by atoms with Crippen LogP contribution >= 0.6 is 0 Å². The summed E-state index contributed by atoms with van der Waals surface area (Å²) in [7, 11) is 0. The number of benzene rings is 1. The zero-order chi connectivity index (χ0) is 15.8. The smallest absolute Gasteiger partial charge is 0.231 e. The van der Waals surface area contributed by atoms with Crippen LogP contribution in [0.5, 0.6) is 0 Å². The summed E-state index contributed by atoms with van der Waals surface area (Å²) in [5.41, 5.74) is 11.1. The summed E-state index contributed by atoms with van der Waals surface area (Å²) < 4.78 is 13.4. The molecule has 0 saturated heterocycles. The van der Waals surface area contributed by atoms with Gasteiger partial charge in [0, 0.05) is 12.1 Å². The molecular weight excluding hydrogens is 275 g/mol. The van der Waals surface area contributed by atoms with Gasteiger partial charge in [-0.25, -0.2) is 4.39 Å². The van der Waals surface area contributed by atoms with E-state index in [0.29, 0.717) is 25.2 Å². The number of carbonyl (C=O) groups excluding carboxylic acids is 2. The summed E-state index contributed by atoms with van der Waals surface area (Å²) in [5, 5.41) is 2.48. The van der Waals surface area contributed by atoms with Crippen molar-refractivity contribution in [3.05, 3.63) is 24.0 Å². The standard InChI is InChI=1S/C14H21FN4O2/c1-2-19(9-13(17)20)7-3-4-14(21)18-12-8-10(16)5-6-11(12)15/h5-6,8H,2-4,7,9,16H2,1H3,(H2,17,20)(H,18,21). The van der Waals surface area contributed by atoms with Crippen molar-refractivity contribution < 1.29 is 14.0 Å². The summed E-state index contributed by atoms with van der Waals surface area (Å²) in [4.78, 5) is 24.4. The Morgan fingerprint density at radius 2 is 2.10 bits per heavy atom. The number of likely N-dealkylation sites (N-methyl/N-ethyl adjacent to an activating group) is 1. The molecule has 5 N–H and O–H groups in total. The van der Waals surface area contributed by atoms with E-state index in [4.69, 9.17) is 11.5 Å². The zero-order valence-electron chi connectivity index (χ0n) is 12.1. The van der Waals surface area contributed by atoms with Crippen LogP contribution in [0.15, 0.2) is 18.2 Å². The first-order valence-electron chi connectivity index (χ1n) is 6.78. The molecule has 0 aliphatic rings. The molecule has 1 aromatic rings. The number of hydrogen-bond donors (Lipinski definition) is 3. The number of hydrogen-bond acceptors (Lipinski definition) is 4. The molecule has 0 bridgehead atoms. The van der Waals surface area contributed by atoms with E-state index >= 15 is 0 Å². The Bertz CT molecular complexity index is 508. The van der Waals surface area contributed by atoms with Gasteiger partial charge in [0.25, 0.3) is 0 Å². The lowest BCUT2D eigenvalue weighted by atomic mass is 10.2. The van der Waals surface area contributed by atoms with E-state index in [-0.39, 0.29) is 24.6 Å². The van der Waals surface area contributed by atoms with Gasteiger partial charge in [0.05, 0.1) is 12.2 Å². The second-order valence-corrected chi connectivity index (χ2v) is 4.73. The van der Waals surface area contributed by atoms with Crippen LogP contribution in [-0.2, 0) is 9.59 Å². The third-order valence-electron chi connectivity index (χ3n) is 2.97. The van der Waals surface area contributed by atoms with Crippen LogP contribution in [0.4, 0.5) is 15.8 Å². The number of amides is 2. The highest BCUT2D eigenvalue weighted by molar-refractivity contribution is 5.91. The number of nitrogens with zero attached hydrogens (tertiary/aromatic N) is 1. The van der Waals surface area contributed by atoms with Crippen LogP contribution in [0.25, 0.3) is 0 Å². The number of rotatable bonds is 8. The quantitative estimate of drug-likeness (QED) is 0.621. The summed E-state index contributed by atoms with van der Waals surface area (Å²) in [5.74, 6) is -1.22. The third kappa shape index (κ3) is 6.22. The number of nitrogens with two attached hydrogens (primary N) is 2. The minimum absolute atomic E-state index is 0.0736. The average molecular weight is 296 g/mol. The van der Waals surface area contributed by atoms with E-state index in [1.807, 2.05) is 11.8 Å². The maximum absolute atomic E-state index is 13.4. The summed E-state index contributed by atoms with van der Waals surface area (Å²) >= 11 is 0. The Kier molecular flexibility index (Phi) is 6.61. The van der Waals surface area contributed by atoms with E-state index in [9.17, 15) is 14.0 Å². The van der Waals surface area contributed by atoms with Crippen LogP contribution in [-0.4, -0.2) is 36.3 Å². The van der Waals surface area contributed by atoms with Crippen molar-refractivity contribution in [3.8, 4) is 0 Å². The minimum Gasteiger partial charge on any atom is -0.399 e. The van der Waals surface area contributed by atoms with Gasteiger partial charge in [0.15, 0.2) is 0 Å². The lowest BCUT2D eigenvalue weighted by molar-refractivity contribution is -0.119. The molecule has 21 heavy (non-hydrogen) atoms. The van der Waals surface area contributed by atoms with Gasteiger partial charge in [-0.3, -0.25) is 14.5 Å². The largest absolute Gasteiger partial charge is 0.399 e. The second-order valence-electron chi connectivity index (χ2n) is 4.73. The molecule has 0 aliphatic carbocycles. The predicted molar refractivity (Wildman–Crippen MR) is 80.0 cm³/mol. The van der Waals surface area contributed by atoms with Crippen molar-refractivity contribution >= 4 is 23.2 Å². The molecule has 0 unspecified atom stereocenters. The maximum atomic E-state index is 13.4. The second kappa shape index (κ2) is 8.21. The first-order chi connectivity index (χ1) is 9.92. The van der Waals surface area contributed by atoms with Gasteiger partial charge in [0.2, 0.25) is 11.8 Å². The van der Waals surface area contributed by atoms with Crippen molar-refractivity contribution in [2.75, 3.05) is 30.7 Å². The minimum atomic E-state index is -0.526. The van der Waals surface area contributed by atoms with Crippen LogP contribution in [0.2, 0.25) is 0 Å². The van der Waals surface area contributed by atoms with Gasteiger partial charge in [-0.15, -0.1) is 0 Å². The molecule has 0 atom stereocenters. The van der Waals surface area contributed by atoms with Gasteiger partial charge >= 0.3 is 0 Å². The molecule has 1 aromatic carbocycles. The topological polar surface area (TPSA) is 101 Å². The number of halogens is 1. The molecule has 6 nitrogen and oxygen atoms in total. The van der Waals surface area contributed by atoms with Crippen LogP contribution in [0, 0.1) is 5.82 Å².